The van der Waals surface area contributed by atoms with Crippen molar-refractivity contribution in [1.29, 1.82) is 0 Å². The summed E-state index contributed by atoms with van der Waals surface area (Å²) in [6.45, 7) is 6.62. The topological polar surface area (TPSA) is 87.7 Å². The summed E-state index contributed by atoms with van der Waals surface area (Å²) < 4.78 is 0. The molecule has 2 atom stereocenters. The van der Waals surface area contributed by atoms with Crippen LogP contribution in [0.4, 0.5) is 0 Å². The van der Waals surface area contributed by atoms with Crippen molar-refractivity contribution in [2.24, 2.45) is 28.1 Å². The molecule has 0 radical (unpaired) electrons. The number of hydrogen-bond donors (Lipinski definition) is 3. The van der Waals surface area contributed by atoms with Gasteiger partial charge in [-0.15, -0.1) is 0 Å². The van der Waals surface area contributed by atoms with Crippen molar-refractivity contribution in [3.8, 4) is 0 Å². The van der Waals surface area contributed by atoms with Crippen molar-refractivity contribution in [2.45, 2.75) is 40.0 Å². The molecule has 5 heteroatoms. The standard InChI is InChI=1S/C12H23N3O2/c1-4-12(5-2,10(13)15-17)11(16)14-7-9-6-8(9)3/h8-9,17H,4-7H2,1-3H3,(H2,13,15)(H,14,16). The monoisotopic (exact) mass is 241 g/mol. The minimum absolute atomic E-state index is 0.00356. The lowest BCUT2D eigenvalue weighted by atomic mass is 9.80. The highest BCUT2D eigenvalue weighted by Gasteiger charge is 2.41. The number of amides is 1. The molecule has 0 bridgehead atoms. The minimum Gasteiger partial charge on any atom is -0.409 e. The molecule has 0 spiro atoms. The maximum absolute atomic E-state index is 12.2. The van der Waals surface area contributed by atoms with Crippen LogP contribution in [0.5, 0.6) is 0 Å². The molecular weight excluding hydrogens is 218 g/mol. The van der Waals surface area contributed by atoms with Crippen LogP contribution in [-0.4, -0.2) is 23.5 Å². The number of carbonyl (C=O) groups excluding carboxylic acids is 1. The maximum Gasteiger partial charge on any atom is 0.233 e. The third-order valence-corrected chi connectivity index (χ3v) is 4.04. The number of nitrogens with zero attached hydrogens (tertiary/aromatic N) is 1. The Morgan fingerprint density at radius 2 is 2.06 bits per heavy atom. The lowest BCUT2D eigenvalue weighted by Crippen LogP contribution is -2.49. The maximum atomic E-state index is 12.2. The highest BCUT2D eigenvalue weighted by atomic mass is 16.4. The van der Waals surface area contributed by atoms with Crippen LogP contribution in [0.1, 0.15) is 40.0 Å². The van der Waals surface area contributed by atoms with Gasteiger partial charge in [-0.05, 0) is 31.1 Å². The van der Waals surface area contributed by atoms with Crippen molar-refractivity contribution >= 4 is 11.7 Å². The Hall–Kier alpha value is -1.26. The predicted octanol–water partition coefficient (Wildman–Crippen LogP) is 1.31. The Morgan fingerprint density at radius 3 is 2.41 bits per heavy atom. The van der Waals surface area contributed by atoms with Crippen LogP contribution in [-0.2, 0) is 4.79 Å². The summed E-state index contributed by atoms with van der Waals surface area (Å²) in [5, 5.41) is 14.7. The molecule has 17 heavy (non-hydrogen) atoms. The van der Waals surface area contributed by atoms with E-state index in [2.05, 4.69) is 17.4 Å². The third kappa shape index (κ3) is 2.70. The van der Waals surface area contributed by atoms with Crippen molar-refractivity contribution in [3.05, 3.63) is 0 Å². The zero-order valence-electron chi connectivity index (χ0n) is 10.9. The van der Waals surface area contributed by atoms with Gasteiger partial charge in [0.2, 0.25) is 5.91 Å². The number of nitrogens with two attached hydrogens (primary N) is 1. The van der Waals surface area contributed by atoms with E-state index in [1.807, 2.05) is 13.8 Å². The Bertz CT molecular complexity index is 311. The van der Waals surface area contributed by atoms with E-state index in [0.29, 0.717) is 31.2 Å². The molecular formula is C12H23N3O2. The average molecular weight is 241 g/mol. The van der Waals surface area contributed by atoms with Crippen molar-refractivity contribution < 1.29 is 10.0 Å². The number of oxime groups is 1. The zero-order valence-corrected chi connectivity index (χ0v) is 10.9. The van der Waals surface area contributed by atoms with E-state index < -0.39 is 5.41 Å². The Kier molecular flexibility index (Phi) is 4.37. The molecule has 1 aliphatic rings. The SMILES string of the molecule is CCC(CC)(C(=O)NCC1CC1C)C(N)=NO. The number of hydrogen-bond acceptors (Lipinski definition) is 3. The Labute approximate surface area is 102 Å². The van der Waals surface area contributed by atoms with Gasteiger partial charge in [0.15, 0.2) is 5.84 Å². The molecule has 1 saturated carbocycles. The third-order valence-electron chi connectivity index (χ3n) is 4.04. The van der Waals surface area contributed by atoms with Gasteiger partial charge in [-0.1, -0.05) is 25.9 Å². The average Bonchev–Trinajstić information content (AvgIpc) is 3.04. The van der Waals surface area contributed by atoms with E-state index in [1.165, 1.54) is 6.42 Å². The molecule has 0 saturated heterocycles. The quantitative estimate of drug-likeness (QED) is 0.283. The molecule has 2 unspecified atom stereocenters. The van der Waals surface area contributed by atoms with Crippen LogP contribution in [0, 0.1) is 17.3 Å². The first-order chi connectivity index (χ1) is 8.01. The van der Waals surface area contributed by atoms with Gasteiger partial charge in [-0.25, -0.2) is 0 Å². The van der Waals surface area contributed by atoms with Crippen LogP contribution in [0.2, 0.25) is 0 Å². The first-order valence-electron chi connectivity index (χ1n) is 6.28. The van der Waals surface area contributed by atoms with Crippen LogP contribution in [0.15, 0.2) is 5.16 Å². The second kappa shape index (κ2) is 5.38. The molecule has 98 valence electrons. The van der Waals surface area contributed by atoms with Crippen LogP contribution >= 0.6 is 0 Å². The number of carbonyl (C=O) groups is 1. The fourth-order valence-corrected chi connectivity index (χ4v) is 2.22. The smallest absolute Gasteiger partial charge is 0.233 e. The van der Waals surface area contributed by atoms with Gasteiger partial charge in [-0.2, -0.15) is 0 Å². The summed E-state index contributed by atoms with van der Waals surface area (Å²) >= 11 is 0. The van der Waals surface area contributed by atoms with E-state index in [9.17, 15) is 4.79 Å². The summed E-state index contributed by atoms with van der Waals surface area (Å²) in [4.78, 5) is 12.2. The van der Waals surface area contributed by atoms with E-state index in [-0.39, 0.29) is 11.7 Å². The molecule has 0 aromatic rings. The summed E-state index contributed by atoms with van der Waals surface area (Å²) in [5.74, 6) is 1.18. The van der Waals surface area contributed by atoms with E-state index in [0.717, 1.165) is 0 Å². The molecule has 1 fully saturated rings. The molecule has 0 aromatic carbocycles. The van der Waals surface area contributed by atoms with Crippen molar-refractivity contribution in [2.75, 3.05) is 6.54 Å². The summed E-state index contributed by atoms with van der Waals surface area (Å²) in [7, 11) is 0. The van der Waals surface area contributed by atoms with Crippen LogP contribution in [0.3, 0.4) is 0 Å². The lowest BCUT2D eigenvalue weighted by Gasteiger charge is -2.28. The minimum atomic E-state index is -0.868. The van der Waals surface area contributed by atoms with Gasteiger partial charge in [-0.3, -0.25) is 4.79 Å². The number of rotatable bonds is 6. The number of nitrogens with one attached hydrogen (secondary N) is 1. The second-order valence-corrected chi connectivity index (χ2v) is 4.96. The highest BCUT2D eigenvalue weighted by molar-refractivity contribution is 6.06. The lowest BCUT2D eigenvalue weighted by molar-refractivity contribution is -0.128. The fourth-order valence-electron chi connectivity index (χ4n) is 2.22. The van der Waals surface area contributed by atoms with Crippen molar-refractivity contribution in [1.82, 2.24) is 5.32 Å². The number of amidine groups is 1. The largest absolute Gasteiger partial charge is 0.409 e. The van der Waals surface area contributed by atoms with Gasteiger partial charge < -0.3 is 16.3 Å². The van der Waals surface area contributed by atoms with Gasteiger partial charge in [0.25, 0.3) is 0 Å². The molecule has 0 heterocycles. The van der Waals surface area contributed by atoms with E-state index in [1.54, 1.807) is 0 Å². The molecule has 1 rings (SSSR count). The summed E-state index contributed by atoms with van der Waals surface area (Å²) in [6, 6.07) is 0. The molecule has 4 N–H and O–H groups in total. The van der Waals surface area contributed by atoms with Gasteiger partial charge in [0.1, 0.15) is 5.41 Å². The highest BCUT2D eigenvalue weighted by Crippen LogP contribution is 2.37. The Morgan fingerprint density at radius 1 is 1.53 bits per heavy atom. The Balaban J connectivity index is 2.66. The molecule has 1 amide bonds. The molecule has 5 nitrogen and oxygen atoms in total. The zero-order chi connectivity index (χ0) is 13.1. The van der Waals surface area contributed by atoms with Gasteiger partial charge in [0.05, 0.1) is 0 Å². The summed E-state index contributed by atoms with van der Waals surface area (Å²) in [6.07, 6.45) is 2.24. The molecule has 0 aromatic heterocycles. The van der Waals surface area contributed by atoms with E-state index in [4.69, 9.17) is 10.9 Å². The van der Waals surface area contributed by atoms with Gasteiger partial charge in [0, 0.05) is 6.54 Å². The normalized spacial score (nSPS) is 24.5. The fraction of sp³-hybridized carbons (Fsp3) is 0.833. The van der Waals surface area contributed by atoms with Crippen LogP contribution < -0.4 is 11.1 Å². The first kappa shape index (κ1) is 13.8. The van der Waals surface area contributed by atoms with Crippen LogP contribution in [0.25, 0.3) is 0 Å². The molecule has 0 aliphatic heterocycles. The van der Waals surface area contributed by atoms with Crippen molar-refractivity contribution in [3.63, 3.8) is 0 Å². The molecule has 1 aliphatic carbocycles. The predicted molar refractivity (Wildman–Crippen MR) is 66.7 cm³/mol. The van der Waals surface area contributed by atoms with Gasteiger partial charge >= 0.3 is 0 Å². The summed E-state index contributed by atoms with van der Waals surface area (Å²) in [5.41, 5.74) is 4.79. The second-order valence-electron chi connectivity index (χ2n) is 4.96. The van der Waals surface area contributed by atoms with E-state index >= 15 is 0 Å². The first-order valence-corrected chi connectivity index (χ1v) is 6.28.